The summed E-state index contributed by atoms with van der Waals surface area (Å²) < 4.78 is 21.9. The molecule has 0 aromatic carbocycles. The second-order valence-corrected chi connectivity index (χ2v) is 11.2. The Labute approximate surface area is 219 Å². The molecule has 0 aromatic heterocycles. The number of amides is 4. The van der Waals surface area contributed by atoms with E-state index in [1.807, 2.05) is 0 Å². The molecule has 36 heavy (non-hydrogen) atoms. The lowest BCUT2D eigenvalue weighted by atomic mass is 10.2. The van der Waals surface area contributed by atoms with Gasteiger partial charge in [-0.1, -0.05) is 55.4 Å². The van der Waals surface area contributed by atoms with Gasteiger partial charge < -0.3 is 18.9 Å². The fourth-order valence-electron chi connectivity index (χ4n) is 3.34. The molecule has 0 bridgehead atoms. The van der Waals surface area contributed by atoms with Crippen LogP contribution in [0.25, 0.3) is 0 Å². The minimum atomic E-state index is 0.0162. The van der Waals surface area contributed by atoms with Crippen LogP contribution < -0.4 is 0 Å². The van der Waals surface area contributed by atoms with Crippen molar-refractivity contribution in [1.29, 1.82) is 0 Å². The second kappa shape index (κ2) is 17.8. The fourth-order valence-corrected chi connectivity index (χ4v) is 3.34. The predicted molar refractivity (Wildman–Crippen MR) is 140 cm³/mol. The van der Waals surface area contributed by atoms with Gasteiger partial charge in [-0.15, -0.1) is 0 Å². The number of hydrogen-bond donors (Lipinski definition) is 0. The van der Waals surface area contributed by atoms with Crippen LogP contribution in [0.15, 0.2) is 0 Å². The molecule has 2 rings (SSSR count). The SMILES string of the molecule is CC(C)COCN1CCN(COCC(C)C)C1=O.CC(C)COCN1CCN(COCC(C)C)C1=O. The van der Waals surface area contributed by atoms with E-state index in [1.54, 1.807) is 19.6 Å². The van der Waals surface area contributed by atoms with E-state index in [-0.39, 0.29) is 12.1 Å². The molecule has 0 spiro atoms. The summed E-state index contributed by atoms with van der Waals surface area (Å²) in [6.07, 6.45) is 0. The van der Waals surface area contributed by atoms with Crippen LogP contribution in [-0.2, 0) is 18.9 Å². The molecular weight excluding hydrogens is 464 g/mol. The number of ether oxygens (including phenoxy) is 4. The van der Waals surface area contributed by atoms with Gasteiger partial charge in [0.15, 0.2) is 0 Å². The van der Waals surface area contributed by atoms with Gasteiger partial charge in [-0.2, -0.15) is 0 Å². The first-order valence-corrected chi connectivity index (χ1v) is 13.4. The third-order valence-electron chi connectivity index (χ3n) is 5.15. The van der Waals surface area contributed by atoms with Gasteiger partial charge in [-0.3, -0.25) is 19.6 Å². The maximum Gasteiger partial charge on any atom is 0.323 e. The third kappa shape index (κ3) is 13.6. The molecule has 10 heteroatoms. The molecule has 0 unspecified atom stereocenters. The minimum absolute atomic E-state index is 0.0162. The summed E-state index contributed by atoms with van der Waals surface area (Å²) in [6, 6.07) is 0.0324. The van der Waals surface area contributed by atoms with E-state index in [0.29, 0.717) is 77.0 Å². The van der Waals surface area contributed by atoms with Crippen molar-refractivity contribution in [2.45, 2.75) is 55.4 Å². The van der Waals surface area contributed by atoms with Crippen molar-refractivity contribution in [3.05, 3.63) is 0 Å². The van der Waals surface area contributed by atoms with E-state index >= 15 is 0 Å². The monoisotopic (exact) mass is 516 g/mol. The highest BCUT2D eigenvalue weighted by Crippen LogP contribution is 2.10. The van der Waals surface area contributed by atoms with Crippen LogP contribution in [0.5, 0.6) is 0 Å². The van der Waals surface area contributed by atoms with E-state index in [4.69, 9.17) is 18.9 Å². The summed E-state index contributed by atoms with van der Waals surface area (Å²) in [7, 11) is 0. The second-order valence-electron chi connectivity index (χ2n) is 11.2. The summed E-state index contributed by atoms with van der Waals surface area (Å²) in [5, 5.41) is 0. The summed E-state index contributed by atoms with van der Waals surface area (Å²) in [5.74, 6) is 1.97. The molecule has 0 aromatic rings. The Bertz CT molecular complexity index is 517. The standard InChI is InChI=1S/2C13H26N2O3/c2*1-11(2)7-17-9-14-5-6-15(13(14)16)10-18-8-12(3)4/h2*11-12H,5-10H2,1-4H3. The van der Waals surface area contributed by atoms with Crippen molar-refractivity contribution in [1.82, 2.24) is 19.6 Å². The first-order valence-electron chi connectivity index (χ1n) is 13.4. The zero-order chi connectivity index (χ0) is 27.1. The Morgan fingerprint density at radius 1 is 0.472 bits per heavy atom. The molecule has 2 aliphatic rings. The van der Waals surface area contributed by atoms with E-state index in [2.05, 4.69) is 55.4 Å². The maximum absolute atomic E-state index is 11.9. The summed E-state index contributed by atoms with van der Waals surface area (Å²) >= 11 is 0. The molecular formula is C26H52N4O6. The topological polar surface area (TPSA) is 84.0 Å². The Morgan fingerprint density at radius 3 is 0.833 bits per heavy atom. The first kappa shape index (κ1) is 32.4. The van der Waals surface area contributed by atoms with Crippen molar-refractivity contribution in [2.24, 2.45) is 23.7 Å². The molecule has 0 N–H and O–H groups in total. The normalized spacial score (nSPS) is 16.4. The van der Waals surface area contributed by atoms with Crippen LogP contribution in [-0.4, -0.2) is 111 Å². The van der Waals surface area contributed by atoms with Crippen LogP contribution in [0.4, 0.5) is 9.59 Å². The van der Waals surface area contributed by atoms with Gasteiger partial charge in [-0.25, -0.2) is 9.59 Å². The average Bonchev–Trinajstić information content (AvgIpc) is 3.30. The van der Waals surface area contributed by atoms with E-state index in [1.165, 1.54) is 0 Å². The Kier molecular flexibility index (Phi) is 16.0. The van der Waals surface area contributed by atoms with Crippen LogP contribution in [0.3, 0.4) is 0 Å². The van der Waals surface area contributed by atoms with Crippen LogP contribution in [0.2, 0.25) is 0 Å². The highest BCUT2D eigenvalue weighted by Gasteiger charge is 2.29. The number of nitrogens with zero attached hydrogens (tertiary/aromatic N) is 4. The predicted octanol–water partition coefficient (Wildman–Crippen LogP) is 3.97. The fraction of sp³-hybridized carbons (Fsp3) is 0.923. The molecule has 2 fully saturated rings. The number of carbonyl (C=O) groups is 2. The number of urea groups is 2. The van der Waals surface area contributed by atoms with Gasteiger partial charge in [0.1, 0.15) is 26.9 Å². The van der Waals surface area contributed by atoms with Gasteiger partial charge in [0, 0.05) is 26.2 Å². The molecule has 212 valence electrons. The maximum atomic E-state index is 11.9. The van der Waals surface area contributed by atoms with E-state index < -0.39 is 0 Å². The number of hydrogen-bond acceptors (Lipinski definition) is 6. The largest absolute Gasteiger partial charge is 0.361 e. The van der Waals surface area contributed by atoms with Crippen molar-refractivity contribution in [2.75, 3.05) is 79.5 Å². The summed E-state index contributed by atoms with van der Waals surface area (Å²) in [4.78, 5) is 30.8. The quantitative estimate of drug-likeness (QED) is 0.309. The van der Waals surface area contributed by atoms with Crippen molar-refractivity contribution < 1.29 is 28.5 Å². The molecule has 0 saturated carbocycles. The molecule has 4 amide bonds. The molecule has 10 nitrogen and oxygen atoms in total. The lowest BCUT2D eigenvalue weighted by molar-refractivity contribution is 0.0270. The van der Waals surface area contributed by atoms with E-state index in [0.717, 1.165) is 26.2 Å². The smallest absolute Gasteiger partial charge is 0.323 e. The molecule has 2 saturated heterocycles. The zero-order valence-corrected chi connectivity index (χ0v) is 24.0. The summed E-state index contributed by atoms with van der Waals surface area (Å²) in [5.41, 5.74) is 0. The van der Waals surface area contributed by atoms with Gasteiger partial charge in [0.2, 0.25) is 0 Å². The minimum Gasteiger partial charge on any atom is -0.361 e. The molecule has 2 heterocycles. The van der Waals surface area contributed by atoms with Gasteiger partial charge >= 0.3 is 12.1 Å². The summed E-state index contributed by atoms with van der Waals surface area (Å²) in [6.45, 7) is 24.0. The Balaban J connectivity index is 0.000000360. The first-order chi connectivity index (χ1) is 17.0. The molecule has 0 atom stereocenters. The van der Waals surface area contributed by atoms with Gasteiger partial charge in [0.25, 0.3) is 0 Å². The highest BCUT2D eigenvalue weighted by molar-refractivity contribution is 5.76. The van der Waals surface area contributed by atoms with Crippen molar-refractivity contribution in [3.63, 3.8) is 0 Å². The van der Waals surface area contributed by atoms with Crippen molar-refractivity contribution in [3.8, 4) is 0 Å². The Morgan fingerprint density at radius 2 is 0.667 bits per heavy atom. The Hall–Kier alpha value is -1.62. The lowest BCUT2D eigenvalue weighted by Crippen LogP contribution is -2.35. The number of carbonyl (C=O) groups excluding carboxylic acids is 2. The van der Waals surface area contributed by atoms with Crippen LogP contribution in [0.1, 0.15) is 55.4 Å². The van der Waals surface area contributed by atoms with Crippen LogP contribution >= 0.6 is 0 Å². The number of rotatable bonds is 16. The van der Waals surface area contributed by atoms with Gasteiger partial charge in [-0.05, 0) is 23.7 Å². The van der Waals surface area contributed by atoms with Crippen molar-refractivity contribution >= 4 is 12.1 Å². The molecule has 0 aliphatic carbocycles. The average molecular weight is 517 g/mol. The molecule has 0 radical (unpaired) electrons. The lowest BCUT2D eigenvalue weighted by Gasteiger charge is -2.19. The van der Waals surface area contributed by atoms with Gasteiger partial charge in [0.05, 0.1) is 26.4 Å². The highest BCUT2D eigenvalue weighted by atomic mass is 16.5. The zero-order valence-electron chi connectivity index (χ0n) is 24.0. The third-order valence-corrected chi connectivity index (χ3v) is 5.15. The van der Waals surface area contributed by atoms with E-state index in [9.17, 15) is 9.59 Å². The van der Waals surface area contributed by atoms with Crippen LogP contribution in [0, 0.1) is 23.7 Å². The molecule has 2 aliphatic heterocycles.